The topological polar surface area (TPSA) is 102 Å². The van der Waals surface area contributed by atoms with Gasteiger partial charge in [0.2, 0.25) is 5.78 Å². The number of ketones is 1. The molecule has 4 rings (SSSR count). The van der Waals surface area contributed by atoms with E-state index in [-0.39, 0.29) is 17.2 Å². The zero-order valence-electron chi connectivity index (χ0n) is 15.4. The van der Waals surface area contributed by atoms with Crippen molar-refractivity contribution in [2.75, 3.05) is 0 Å². The molecule has 2 aromatic carbocycles. The molecule has 2 aromatic heterocycles. The SMILES string of the molecule is O=C(/C=C/c1cn[nH]c1-c1cccc([N+](=O)[O-])c1)c1ccc(-c2ccccc2Cl)o1. The van der Waals surface area contributed by atoms with Crippen LogP contribution in [0.25, 0.3) is 28.7 Å². The maximum absolute atomic E-state index is 12.5. The van der Waals surface area contributed by atoms with Gasteiger partial charge in [-0.25, -0.2) is 0 Å². The Kier molecular flexibility index (Phi) is 5.28. The van der Waals surface area contributed by atoms with E-state index in [2.05, 4.69) is 10.2 Å². The summed E-state index contributed by atoms with van der Waals surface area (Å²) < 4.78 is 5.66. The Morgan fingerprint density at radius 2 is 1.97 bits per heavy atom. The Labute approximate surface area is 175 Å². The Morgan fingerprint density at radius 3 is 2.77 bits per heavy atom. The zero-order valence-corrected chi connectivity index (χ0v) is 16.2. The van der Waals surface area contributed by atoms with Crippen molar-refractivity contribution in [2.45, 2.75) is 0 Å². The lowest BCUT2D eigenvalue weighted by Crippen LogP contribution is -1.91. The number of H-pyrrole nitrogens is 1. The van der Waals surface area contributed by atoms with Gasteiger partial charge in [-0.15, -0.1) is 0 Å². The molecule has 0 unspecified atom stereocenters. The number of halogens is 1. The van der Waals surface area contributed by atoms with E-state index in [1.807, 2.05) is 18.2 Å². The molecule has 30 heavy (non-hydrogen) atoms. The number of aromatic nitrogens is 2. The second-order valence-corrected chi connectivity index (χ2v) is 6.76. The minimum absolute atomic E-state index is 0.0317. The lowest BCUT2D eigenvalue weighted by molar-refractivity contribution is -0.384. The molecular weight excluding hydrogens is 406 g/mol. The van der Waals surface area contributed by atoms with E-state index in [1.165, 1.54) is 24.4 Å². The van der Waals surface area contributed by atoms with Crippen LogP contribution in [0.5, 0.6) is 0 Å². The highest BCUT2D eigenvalue weighted by Gasteiger charge is 2.14. The van der Waals surface area contributed by atoms with Crippen molar-refractivity contribution in [3.8, 4) is 22.6 Å². The van der Waals surface area contributed by atoms with Crippen LogP contribution in [0.1, 0.15) is 16.1 Å². The van der Waals surface area contributed by atoms with Crippen LogP contribution >= 0.6 is 11.6 Å². The van der Waals surface area contributed by atoms with Gasteiger partial charge in [0.25, 0.3) is 5.69 Å². The summed E-state index contributed by atoms with van der Waals surface area (Å²) in [5, 5.41) is 18.3. The predicted molar refractivity (Wildman–Crippen MR) is 113 cm³/mol. The van der Waals surface area contributed by atoms with Crippen LogP contribution < -0.4 is 0 Å². The highest BCUT2D eigenvalue weighted by molar-refractivity contribution is 6.33. The molecule has 0 saturated heterocycles. The van der Waals surface area contributed by atoms with Gasteiger partial charge in [0.15, 0.2) is 5.76 Å². The molecule has 0 aliphatic rings. The van der Waals surface area contributed by atoms with Crippen LogP contribution in [0, 0.1) is 10.1 Å². The number of nitrogens with zero attached hydrogens (tertiary/aromatic N) is 2. The summed E-state index contributed by atoms with van der Waals surface area (Å²) in [7, 11) is 0. The summed E-state index contributed by atoms with van der Waals surface area (Å²) in [6.07, 6.45) is 4.48. The number of nitrogens with one attached hydrogen (secondary N) is 1. The first-order valence-corrected chi connectivity index (χ1v) is 9.26. The van der Waals surface area contributed by atoms with E-state index >= 15 is 0 Å². The van der Waals surface area contributed by atoms with Crippen LogP contribution in [-0.4, -0.2) is 20.9 Å². The average Bonchev–Trinajstić information content (AvgIpc) is 3.42. The second-order valence-electron chi connectivity index (χ2n) is 6.35. The van der Waals surface area contributed by atoms with Crippen molar-refractivity contribution in [1.82, 2.24) is 10.2 Å². The van der Waals surface area contributed by atoms with Gasteiger partial charge in [0, 0.05) is 28.8 Å². The first kappa shape index (κ1) is 19.4. The summed E-state index contributed by atoms with van der Waals surface area (Å²) in [6.45, 7) is 0. The van der Waals surface area contributed by atoms with E-state index in [0.29, 0.717) is 33.2 Å². The molecular formula is C22H14ClN3O4. The Morgan fingerprint density at radius 1 is 1.13 bits per heavy atom. The Hall–Kier alpha value is -3.97. The molecule has 0 atom stereocenters. The second kappa shape index (κ2) is 8.18. The third kappa shape index (κ3) is 3.92. The molecule has 0 aliphatic heterocycles. The fourth-order valence-corrected chi connectivity index (χ4v) is 3.18. The first-order valence-electron chi connectivity index (χ1n) is 8.88. The van der Waals surface area contributed by atoms with Gasteiger partial charge < -0.3 is 4.42 Å². The van der Waals surface area contributed by atoms with Crippen molar-refractivity contribution < 1.29 is 14.1 Å². The van der Waals surface area contributed by atoms with Gasteiger partial charge >= 0.3 is 0 Å². The largest absolute Gasteiger partial charge is 0.453 e. The summed E-state index contributed by atoms with van der Waals surface area (Å²) in [4.78, 5) is 23.1. The number of non-ortho nitro benzene ring substituents is 1. The molecule has 4 aromatic rings. The molecule has 0 radical (unpaired) electrons. The third-order valence-corrected chi connectivity index (χ3v) is 4.75. The van der Waals surface area contributed by atoms with Crippen molar-refractivity contribution in [3.05, 3.63) is 99.4 Å². The van der Waals surface area contributed by atoms with Crippen molar-refractivity contribution in [3.63, 3.8) is 0 Å². The van der Waals surface area contributed by atoms with Crippen LogP contribution in [0.3, 0.4) is 0 Å². The number of hydrogen-bond acceptors (Lipinski definition) is 5. The van der Waals surface area contributed by atoms with Crippen molar-refractivity contribution in [1.29, 1.82) is 0 Å². The number of benzene rings is 2. The summed E-state index contributed by atoms with van der Waals surface area (Å²) >= 11 is 6.17. The van der Waals surface area contributed by atoms with Crippen molar-refractivity contribution in [2.24, 2.45) is 0 Å². The summed E-state index contributed by atoms with van der Waals surface area (Å²) in [5.41, 5.74) is 2.44. The van der Waals surface area contributed by atoms with Crippen LogP contribution in [0.15, 0.2) is 77.4 Å². The number of carbonyl (C=O) groups is 1. The highest BCUT2D eigenvalue weighted by atomic mass is 35.5. The molecule has 2 heterocycles. The number of allylic oxidation sites excluding steroid dienone is 1. The van der Waals surface area contributed by atoms with Crippen LogP contribution in [0.4, 0.5) is 5.69 Å². The minimum Gasteiger partial charge on any atom is -0.453 e. The van der Waals surface area contributed by atoms with E-state index in [4.69, 9.17) is 16.0 Å². The molecule has 7 nitrogen and oxygen atoms in total. The Balaban J connectivity index is 1.57. The number of nitro groups is 1. The zero-order chi connectivity index (χ0) is 21.1. The lowest BCUT2D eigenvalue weighted by Gasteiger charge is -2.00. The quantitative estimate of drug-likeness (QED) is 0.184. The maximum Gasteiger partial charge on any atom is 0.270 e. The molecule has 0 spiro atoms. The number of aromatic amines is 1. The Bertz CT molecular complexity index is 1270. The normalized spacial score (nSPS) is 11.1. The minimum atomic E-state index is -0.466. The first-order chi connectivity index (χ1) is 14.5. The molecule has 1 N–H and O–H groups in total. The number of nitro benzene ring substituents is 1. The summed E-state index contributed by atoms with van der Waals surface area (Å²) in [5.74, 6) is 0.332. The average molecular weight is 420 g/mol. The molecule has 0 bridgehead atoms. The number of carbonyl (C=O) groups excluding carboxylic acids is 1. The van der Waals surface area contributed by atoms with Gasteiger partial charge in [0.05, 0.1) is 21.8 Å². The fourth-order valence-electron chi connectivity index (χ4n) is 2.95. The molecule has 0 saturated carbocycles. The molecule has 0 amide bonds. The number of rotatable bonds is 6. The van der Waals surface area contributed by atoms with E-state index < -0.39 is 4.92 Å². The molecule has 8 heteroatoms. The molecule has 0 aliphatic carbocycles. The van der Waals surface area contributed by atoms with E-state index in [1.54, 1.807) is 36.4 Å². The smallest absolute Gasteiger partial charge is 0.270 e. The standard InChI is InChI=1S/C22H14ClN3O4/c23-18-7-2-1-6-17(18)20-10-11-21(30-20)19(27)9-8-15-13-24-25-22(15)14-4-3-5-16(12-14)26(28)29/h1-13H,(H,24,25)/b9-8+. The van der Waals surface area contributed by atoms with Gasteiger partial charge in [-0.05, 0) is 36.4 Å². The molecule has 0 fully saturated rings. The monoisotopic (exact) mass is 419 g/mol. The highest BCUT2D eigenvalue weighted by Crippen LogP contribution is 2.30. The van der Waals surface area contributed by atoms with Gasteiger partial charge in [-0.2, -0.15) is 5.10 Å². The van der Waals surface area contributed by atoms with E-state index in [0.717, 1.165) is 0 Å². The lowest BCUT2D eigenvalue weighted by atomic mass is 10.1. The summed E-state index contributed by atoms with van der Waals surface area (Å²) in [6, 6.07) is 16.6. The van der Waals surface area contributed by atoms with Gasteiger partial charge in [-0.1, -0.05) is 35.9 Å². The number of furan rings is 1. The predicted octanol–water partition coefficient (Wildman–Crippen LogP) is 5.79. The number of hydrogen-bond donors (Lipinski definition) is 1. The fraction of sp³-hybridized carbons (Fsp3) is 0. The van der Waals surface area contributed by atoms with Gasteiger partial charge in [-0.3, -0.25) is 20.0 Å². The maximum atomic E-state index is 12.5. The van der Waals surface area contributed by atoms with E-state index in [9.17, 15) is 14.9 Å². The van der Waals surface area contributed by atoms with Crippen molar-refractivity contribution >= 4 is 29.1 Å². The molecule has 148 valence electrons. The third-order valence-electron chi connectivity index (χ3n) is 4.42. The van der Waals surface area contributed by atoms with Crippen LogP contribution in [-0.2, 0) is 0 Å². The van der Waals surface area contributed by atoms with Crippen LogP contribution in [0.2, 0.25) is 5.02 Å². The van der Waals surface area contributed by atoms with Gasteiger partial charge in [0.1, 0.15) is 5.76 Å².